The third-order valence-corrected chi connectivity index (χ3v) is 5.18. The van der Waals surface area contributed by atoms with Crippen LogP contribution < -0.4 is 33.2 Å². The van der Waals surface area contributed by atoms with Crippen LogP contribution in [-0.4, -0.2) is 65.4 Å². The quantitative estimate of drug-likeness (QED) is 0.125. The highest BCUT2D eigenvalue weighted by Gasteiger charge is 2.31. The molecule has 4 unspecified atom stereocenters. The molecular weight excluding hydrogens is 444 g/mol. The number of carbonyl (C=O) groups is 5. The van der Waals surface area contributed by atoms with Crippen LogP contribution in [0.4, 0.5) is 0 Å². The van der Waals surface area contributed by atoms with Crippen LogP contribution in [0.5, 0.6) is 0 Å². The fourth-order valence-electron chi connectivity index (χ4n) is 3.25. The number of nitrogens with one attached hydrogen (secondary N) is 3. The van der Waals surface area contributed by atoms with Gasteiger partial charge < -0.3 is 38.3 Å². The Bertz CT molecular complexity index is 699. The second-order valence-electron chi connectivity index (χ2n) is 9.22. The Kier molecular flexibility index (Phi) is 14.7. The number of rotatable bonds is 17. The van der Waals surface area contributed by atoms with Crippen molar-refractivity contribution in [3.63, 3.8) is 0 Å². The van der Waals surface area contributed by atoms with Crippen LogP contribution >= 0.6 is 0 Å². The third-order valence-electron chi connectivity index (χ3n) is 5.18. The number of aliphatic carboxylic acids is 1. The molecule has 0 fully saturated rings. The van der Waals surface area contributed by atoms with Crippen LogP contribution in [0.1, 0.15) is 66.2 Å². The largest absolute Gasteiger partial charge is 0.480 e. The fraction of sp³-hybridized carbons (Fsp3) is 0.773. The number of amides is 4. The van der Waals surface area contributed by atoms with Gasteiger partial charge in [0.1, 0.15) is 18.1 Å². The lowest BCUT2D eigenvalue weighted by molar-refractivity contribution is -0.143. The van der Waals surface area contributed by atoms with Crippen LogP contribution in [-0.2, 0) is 24.0 Å². The molecule has 0 aromatic carbocycles. The summed E-state index contributed by atoms with van der Waals surface area (Å²) in [6, 6.07) is -4.20. The number of carboxylic acids is 1. The Hall–Kier alpha value is -2.73. The van der Waals surface area contributed by atoms with Crippen molar-refractivity contribution in [3.8, 4) is 0 Å². The maximum atomic E-state index is 13.0. The molecule has 4 atom stereocenters. The average Bonchev–Trinajstić information content (AvgIpc) is 2.72. The molecule has 10 N–H and O–H groups in total. The van der Waals surface area contributed by atoms with Gasteiger partial charge in [-0.05, 0) is 50.5 Å². The van der Waals surface area contributed by atoms with Gasteiger partial charge in [-0.25, -0.2) is 4.79 Å². The molecule has 0 radical (unpaired) electrons. The van der Waals surface area contributed by atoms with Crippen LogP contribution in [0.3, 0.4) is 0 Å². The Morgan fingerprint density at radius 3 is 1.82 bits per heavy atom. The van der Waals surface area contributed by atoms with E-state index in [4.69, 9.17) is 17.2 Å². The van der Waals surface area contributed by atoms with E-state index in [0.717, 1.165) is 0 Å². The number of carboxylic acid groups (broad SMARTS) is 1. The molecule has 0 rings (SSSR count). The molecule has 0 aromatic heterocycles. The van der Waals surface area contributed by atoms with Gasteiger partial charge in [-0.1, -0.05) is 27.7 Å². The van der Waals surface area contributed by atoms with E-state index in [0.29, 0.717) is 25.8 Å². The summed E-state index contributed by atoms with van der Waals surface area (Å²) in [6.45, 7) is 7.49. The van der Waals surface area contributed by atoms with E-state index < -0.39 is 59.7 Å². The summed E-state index contributed by atoms with van der Waals surface area (Å²) in [5.41, 5.74) is 16.6. The number of hydrogen-bond acceptors (Lipinski definition) is 7. The normalized spacial score (nSPS) is 14.7. The van der Waals surface area contributed by atoms with Gasteiger partial charge in [0.2, 0.25) is 23.6 Å². The van der Waals surface area contributed by atoms with E-state index in [1.54, 1.807) is 13.8 Å². The van der Waals surface area contributed by atoms with Gasteiger partial charge in [0, 0.05) is 6.42 Å². The zero-order valence-electron chi connectivity index (χ0n) is 20.6. The number of hydrogen-bond donors (Lipinski definition) is 7. The van der Waals surface area contributed by atoms with Crippen molar-refractivity contribution in [2.24, 2.45) is 29.0 Å². The van der Waals surface area contributed by atoms with Crippen molar-refractivity contribution < 1.29 is 29.1 Å². The number of unbranched alkanes of at least 4 members (excludes halogenated alkanes) is 1. The Balaban J connectivity index is 5.56. The van der Waals surface area contributed by atoms with E-state index in [-0.39, 0.29) is 25.2 Å². The van der Waals surface area contributed by atoms with E-state index in [1.807, 2.05) is 13.8 Å². The molecule has 12 nitrogen and oxygen atoms in total. The molecule has 0 aliphatic rings. The van der Waals surface area contributed by atoms with Gasteiger partial charge in [-0.15, -0.1) is 0 Å². The van der Waals surface area contributed by atoms with Gasteiger partial charge in [0.05, 0.1) is 6.04 Å². The molecule has 0 spiro atoms. The Morgan fingerprint density at radius 1 is 0.824 bits per heavy atom. The van der Waals surface area contributed by atoms with E-state index >= 15 is 0 Å². The molecule has 0 saturated carbocycles. The molecule has 34 heavy (non-hydrogen) atoms. The highest BCUT2D eigenvalue weighted by Crippen LogP contribution is 2.08. The Morgan fingerprint density at radius 2 is 1.35 bits per heavy atom. The molecule has 0 saturated heterocycles. The van der Waals surface area contributed by atoms with E-state index in [1.165, 1.54) is 0 Å². The highest BCUT2D eigenvalue weighted by molar-refractivity contribution is 5.94. The summed E-state index contributed by atoms with van der Waals surface area (Å²) in [5.74, 6) is -4.06. The first-order chi connectivity index (χ1) is 15.8. The van der Waals surface area contributed by atoms with Crippen molar-refractivity contribution in [3.05, 3.63) is 0 Å². The number of carbonyl (C=O) groups excluding carboxylic acids is 4. The molecule has 0 bridgehead atoms. The van der Waals surface area contributed by atoms with E-state index in [9.17, 15) is 29.1 Å². The van der Waals surface area contributed by atoms with Gasteiger partial charge >= 0.3 is 5.97 Å². The minimum absolute atomic E-state index is 0.131. The fourth-order valence-corrected chi connectivity index (χ4v) is 3.25. The number of primary amides is 1. The molecule has 0 aromatic rings. The first kappa shape index (κ1) is 31.3. The zero-order valence-corrected chi connectivity index (χ0v) is 20.6. The predicted octanol–water partition coefficient (Wildman–Crippen LogP) is -1.05. The maximum Gasteiger partial charge on any atom is 0.326 e. The molecular formula is C22H42N6O6. The summed E-state index contributed by atoms with van der Waals surface area (Å²) in [4.78, 5) is 61.0. The molecule has 0 heterocycles. The lowest BCUT2D eigenvalue weighted by Gasteiger charge is -2.26. The minimum Gasteiger partial charge on any atom is -0.480 e. The van der Waals surface area contributed by atoms with Crippen LogP contribution in [0.25, 0.3) is 0 Å². The standard InChI is InChI=1S/C22H42N6O6/c1-12(2)11-14(24)19(30)26-15(7-5-6-10-23)20(31)27-16(8-9-17(25)29)21(32)28-18(13(3)4)22(33)34/h12-16,18H,5-11,23-24H2,1-4H3,(H2,25,29)(H,26,30)(H,27,31)(H,28,32)(H,33,34). The minimum atomic E-state index is -1.23. The molecule has 12 heteroatoms. The highest BCUT2D eigenvalue weighted by atomic mass is 16.4. The summed E-state index contributed by atoms with van der Waals surface area (Å²) in [6.07, 6.45) is 1.52. The monoisotopic (exact) mass is 486 g/mol. The lowest BCUT2D eigenvalue weighted by atomic mass is 10.0. The van der Waals surface area contributed by atoms with Gasteiger partial charge in [-0.3, -0.25) is 19.2 Å². The zero-order chi connectivity index (χ0) is 26.4. The number of nitrogens with two attached hydrogens (primary N) is 3. The molecule has 196 valence electrons. The van der Waals surface area contributed by atoms with Crippen molar-refractivity contribution in [1.82, 2.24) is 16.0 Å². The van der Waals surface area contributed by atoms with Crippen molar-refractivity contribution >= 4 is 29.6 Å². The summed E-state index contributed by atoms with van der Waals surface area (Å²) in [5, 5.41) is 16.9. The average molecular weight is 487 g/mol. The molecule has 0 aliphatic heterocycles. The van der Waals surface area contributed by atoms with Crippen LogP contribution in [0.2, 0.25) is 0 Å². The predicted molar refractivity (Wildman–Crippen MR) is 127 cm³/mol. The summed E-state index contributed by atoms with van der Waals surface area (Å²) >= 11 is 0. The SMILES string of the molecule is CC(C)CC(N)C(=O)NC(CCCCN)C(=O)NC(CCC(N)=O)C(=O)NC(C(=O)O)C(C)C. The van der Waals surface area contributed by atoms with E-state index in [2.05, 4.69) is 16.0 Å². The molecule has 0 aliphatic carbocycles. The maximum absolute atomic E-state index is 13.0. The molecule has 4 amide bonds. The summed E-state index contributed by atoms with van der Waals surface area (Å²) < 4.78 is 0. The second-order valence-corrected chi connectivity index (χ2v) is 9.22. The van der Waals surface area contributed by atoms with Crippen molar-refractivity contribution in [1.29, 1.82) is 0 Å². The first-order valence-electron chi connectivity index (χ1n) is 11.7. The van der Waals surface area contributed by atoms with Crippen molar-refractivity contribution in [2.75, 3.05) is 6.54 Å². The smallest absolute Gasteiger partial charge is 0.326 e. The van der Waals surface area contributed by atoms with Gasteiger partial charge in [-0.2, -0.15) is 0 Å². The lowest BCUT2D eigenvalue weighted by Crippen LogP contribution is -2.57. The third kappa shape index (κ3) is 12.5. The van der Waals surface area contributed by atoms with Crippen LogP contribution in [0.15, 0.2) is 0 Å². The summed E-state index contributed by atoms with van der Waals surface area (Å²) in [7, 11) is 0. The van der Waals surface area contributed by atoms with Crippen LogP contribution in [0, 0.1) is 11.8 Å². The first-order valence-corrected chi connectivity index (χ1v) is 11.7. The van der Waals surface area contributed by atoms with Crippen molar-refractivity contribution in [2.45, 2.75) is 90.4 Å². The van der Waals surface area contributed by atoms with Gasteiger partial charge in [0.25, 0.3) is 0 Å². The topological polar surface area (TPSA) is 220 Å². The Labute approximate surface area is 201 Å². The second kappa shape index (κ2) is 16.0. The van der Waals surface area contributed by atoms with Gasteiger partial charge in [0.15, 0.2) is 0 Å².